The molecule has 3 aromatic rings. The van der Waals surface area contributed by atoms with Crippen LogP contribution in [0.1, 0.15) is 13.8 Å². The first kappa shape index (κ1) is 18.7. The van der Waals surface area contributed by atoms with Crippen molar-refractivity contribution in [2.24, 2.45) is 0 Å². The molecule has 0 atom stereocenters. The lowest BCUT2D eigenvalue weighted by atomic mass is 10.1. The number of nitrogens with zero attached hydrogens (tertiary/aromatic N) is 1. The summed E-state index contributed by atoms with van der Waals surface area (Å²) >= 11 is 0. The van der Waals surface area contributed by atoms with E-state index in [9.17, 15) is 9.59 Å². The molecule has 2 N–H and O–H groups in total. The van der Waals surface area contributed by atoms with Crippen molar-refractivity contribution in [2.75, 3.05) is 25.5 Å². The molecule has 0 spiro atoms. The number of methoxy groups -OCH3 is 1. The molecule has 0 saturated carbocycles. The Morgan fingerprint density at radius 3 is 2.56 bits per heavy atom. The Kier molecular flexibility index (Phi) is 5.32. The fourth-order valence-electron chi connectivity index (χ4n) is 2.99. The van der Waals surface area contributed by atoms with E-state index in [1.54, 1.807) is 11.0 Å². The largest absolute Gasteiger partial charge is 0.495 e. The number of amides is 1. The predicted octanol–water partition coefficient (Wildman–Crippen LogP) is 3.33. The molecule has 142 valence electrons. The van der Waals surface area contributed by atoms with E-state index < -0.39 is 5.97 Å². The number of carboxylic acid groups (broad SMARTS) is 1. The van der Waals surface area contributed by atoms with Crippen molar-refractivity contribution in [3.05, 3.63) is 36.4 Å². The molecule has 0 aliphatic rings. The molecule has 7 heteroatoms. The first-order chi connectivity index (χ1) is 12.9. The van der Waals surface area contributed by atoms with Gasteiger partial charge in [-0.15, -0.1) is 0 Å². The number of benzene rings is 2. The molecule has 1 amide bonds. The fraction of sp³-hybridized carbons (Fsp3) is 0.300. The average molecular weight is 370 g/mol. The number of carboxylic acids is 1. The molecular formula is C20H22N2O5. The summed E-state index contributed by atoms with van der Waals surface area (Å²) < 4.78 is 11.3. The van der Waals surface area contributed by atoms with Crippen LogP contribution in [0.25, 0.3) is 21.9 Å². The third-order valence-electron chi connectivity index (χ3n) is 4.39. The zero-order valence-corrected chi connectivity index (χ0v) is 15.5. The summed E-state index contributed by atoms with van der Waals surface area (Å²) in [6, 6.07) is 11.1. The Hall–Kier alpha value is -3.06. The molecule has 1 heterocycles. The van der Waals surface area contributed by atoms with E-state index in [1.807, 2.05) is 44.2 Å². The summed E-state index contributed by atoms with van der Waals surface area (Å²) in [5.74, 6) is -0.784. The van der Waals surface area contributed by atoms with Crippen LogP contribution in [0, 0.1) is 0 Å². The van der Waals surface area contributed by atoms with E-state index in [0.717, 1.165) is 16.4 Å². The molecule has 0 bridgehead atoms. The minimum absolute atomic E-state index is 0.0364. The van der Waals surface area contributed by atoms with Gasteiger partial charge in [0.25, 0.3) is 0 Å². The van der Waals surface area contributed by atoms with Gasteiger partial charge in [-0.05, 0) is 26.0 Å². The lowest BCUT2D eigenvalue weighted by Crippen LogP contribution is -2.41. The van der Waals surface area contributed by atoms with Gasteiger partial charge in [0, 0.05) is 22.9 Å². The van der Waals surface area contributed by atoms with Gasteiger partial charge >= 0.3 is 5.97 Å². The Morgan fingerprint density at radius 1 is 1.15 bits per heavy atom. The number of hydrogen-bond acceptors (Lipinski definition) is 5. The van der Waals surface area contributed by atoms with Gasteiger partial charge in [0.1, 0.15) is 16.9 Å². The second kappa shape index (κ2) is 7.67. The quantitative estimate of drug-likeness (QED) is 0.663. The predicted molar refractivity (Wildman–Crippen MR) is 103 cm³/mol. The summed E-state index contributed by atoms with van der Waals surface area (Å²) in [5.41, 5.74) is 1.87. The van der Waals surface area contributed by atoms with Crippen LogP contribution < -0.4 is 10.1 Å². The van der Waals surface area contributed by atoms with Crippen molar-refractivity contribution < 1.29 is 23.8 Å². The molecule has 2 aromatic carbocycles. The van der Waals surface area contributed by atoms with Crippen LogP contribution in [0.5, 0.6) is 5.75 Å². The SMILES string of the molecule is COc1cc2c(cc1NC(=O)CN(CC(=O)O)C(C)C)oc1ccccc12. The Labute approximate surface area is 156 Å². The second-order valence-electron chi connectivity index (χ2n) is 6.59. The van der Waals surface area contributed by atoms with Crippen molar-refractivity contribution in [1.82, 2.24) is 4.90 Å². The molecule has 0 radical (unpaired) electrons. The highest BCUT2D eigenvalue weighted by molar-refractivity contribution is 6.07. The first-order valence-corrected chi connectivity index (χ1v) is 8.64. The van der Waals surface area contributed by atoms with Crippen LogP contribution >= 0.6 is 0 Å². The van der Waals surface area contributed by atoms with Crippen LogP contribution in [0.2, 0.25) is 0 Å². The van der Waals surface area contributed by atoms with Gasteiger partial charge in [0.05, 0.1) is 25.9 Å². The molecular weight excluding hydrogens is 348 g/mol. The number of nitrogens with one attached hydrogen (secondary N) is 1. The number of carbonyl (C=O) groups is 2. The van der Waals surface area contributed by atoms with E-state index >= 15 is 0 Å². The summed E-state index contributed by atoms with van der Waals surface area (Å²) in [5, 5.41) is 13.7. The molecule has 27 heavy (non-hydrogen) atoms. The molecule has 1 aromatic heterocycles. The maximum absolute atomic E-state index is 12.5. The van der Waals surface area contributed by atoms with Gasteiger partial charge < -0.3 is 19.6 Å². The van der Waals surface area contributed by atoms with E-state index in [-0.39, 0.29) is 25.0 Å². The van der Waals surface area contributed by atoms with Crippen LogP contribution in [-0.4, -0.2) is 48.1 Å². The monoisotopic (exact) mass is 370 g/mol. The number of rotatable bonds is 7. The number of hydrogen-bond donors (Lipinski definition) is 2. The average Bonchev–Trinajstić information content (AvgIpc) is 2.97. The molecule has 0 aliphatic heterocycles. The summed E-state index contributed by atoms with van der Waals surface area (Å²) in [6.07, 6.45) is 0. The van der Waals surface area contributed by atoms with Gasteiger partial charge in [-0.1, -0.05) is 18.2 Å². The highest BCUT2D eigenvalue weighted by Gasteiger charge is 2.19. The number of fused-ring (bicyclic) bond motifs is 3. The number of anilines is 1. The van der Waals surface area contributed by atoms with Gasteiger partial charge in [-0.3, -0.25) is 14.5 Å². The molecule has 0 fully saturated rings. The van der Waals surface area contributed by atoms with E-state index in [2.05, 4.69) is 5.32 Å². The molecule has 0 aliphatic carbocycles. The van der Waals surface area contributed by atoms with Crippen LogP contribution in [0.15, 0.2) is 40.8 Å². The van der Waals surface area contributed by atoms with Crippen molar-refractivity contribution in [1.29, 1.82) is 0 Å². The molecule has 0 unspecified atom stereocenters. The maximum atomic E-state index is 12.5. The number of ether oxygens (including phenoxy) is 1. The number of furan rings is 1. The van der Waals surface area contributed by atoms with E-state index in [4.69, 9.17) is 14.3 Å². The lowest BCUT2D eigenvalue weighted by Gasteiger charge is -2.23. The lowest BCUT2D eigenvalue weighted by molar-refractivity contribution is -0.139. The van der Waals surface area contributed by atoms with Crippen LogP contribution in [-0.2, 0) is 9.59 Å². The third kappa shape index (κ3) is 4.03. The first-order valence-electron chi connectivity index (χ1n) is 8.64. The number of carbonyl (C=O) groups excluding carboxylic acids is 1. The summed E-state index contributed by atoms with van der Waals surface area (Å²) in [7, 11) is 1.53. The normalized spacial score (nSPS) is 11.4. The third-order valence-corrected chi connectivity index (χ3v) is 4.39. The summed E-state index contributed by atoms with van der Waals surface area (Å²) in [4.78, 5) is 25.0. The van der Waals surface area contributed by atoms with E-state index in [0.29, 0.717) is 17.0 Å². The smallest absolute Gasteiger partial charge is 0.317 e. The van der Waals surface area contributed by atoms with Gasteiger partial charge in [-0.25, -0.2) is 0 Å². The standard InChI is InChI=1S/C20H22N2O5/c1-12(2)22(11-20(24)25)10-19(23)21-15-9-17-14(8-18(15)26-3)13-6-4-5-7-16(13)27-17/h4-9,12H,10-11H2,1-3H3,(H,21,23)(H,24,25). The zero-order valence-electron chi connectivity index (χ0n) is 15.5. The molecule has 3 rings (SSSR count). The Morgan fingerprint density at radius 2 is 1.89 bits per heavy atom. The van der Waals surface area contributed by atoms with Crippen molar-refractivity contribution in [3.63, 3.8) is 0 Å². The molecule has 7 nitrogen and oxygen atoms in total. The zero-order chi connectivity index (χ0) is 19.6. The maximum Gasteiger partial charge on any atom is 0.317 e. The Bertz CT molecular complexity index is 993. The highest BCUT2D eigenvalue weighted by atomic mass is 16.5. The van der Waals surface area contributed by atoms with Crippen LogP contribution in [0.4, 0.5) is 5.69 Å². The molecule has 0 saturated heterocycles. The van der Waals surface area contributed by atoms with Crippen molar-refractivity contribution in [2.45, 2.75) is 19.9 Å². The minimum Gasteiger partial charge on any atom is -0.495 e. The van der Waals surface area contributed by atoms with Crippen molar-refractivity contribution >= 4 is 39.5 Å². The number of aliphatic carboxylic acids is 1. The second-order valence-corrected chi connectivity index (χ2v) is 6.59. The summed E-state index contributed by atoms with van der Waals surface area (Å²) in [6.45, 7) is 3.45. The van der Waals surface area contributed by atoms with Gasteiger partial charge in [-0.2, -0.15) is 0 Å². The van der Waals surface area contributed by atoms with Gasteiger partial charge in [0.15, 0.2) is 0 Å². The van der Waals surface area contributed by atoms with Crippen molar-refractivity contribution in [3.8, 4) is 5.75 Å². The number of para-hydroxylation sites is 1. The Balaban J connectivity index is 1.88. The highest BCUT2D eigenvalue weighted by Crippen LogP contribution is 2.36. The van der Waals surface area contributed by atoms with Crippen LogP contribution in [0.3, 0.4) is 0 Å². The van der Waals surface area contributed by atoms with Gasteiger partial charge in [0.2, 0.25) is 5.91 Å². The minimum atomic E-state index is -0.974. The fourth-order valence-corrected chi connectivity index (χ4v) is 2.99. The van der Waals surface area contributed by atoms with E-state index in [1.165, 1.54) is 7.11 Å². The topological polar surface area (TPSA) is 92.0 Å².